The Morgan fingerprint density at radius 3 is 1.75 bits per heavy atom. The Balaban J connectivity index is 1.67. The smallest absolute Gasteiger partial charge is 0.149 e. The number of hydrogen-bond donors (Lipinski definition) is 1. The van der Waals surface area contributed by atoms with E-state index >= 15 is 0 Å². The van der Waals surface area contributed by atoms with Crippen LogP contribution in [0.5, 0.6) is 5.75 Å². The van der Waals surface area contributed by atoms with Crippen molar-refractivity contribution in [2.24, 2.45) is 0 Å². The predicted molar refractivity (Wildman–Crippen MR) is 218 cm³/mol. The number of fused-ring (bicyclic) bond motifs is 1. The number of pyridine rings is 1. The molecule has 4 nitrogen and oxygen atoms in total. The molecule has 4 heteroatoms. The van der Waals surface area contributed by atoms with Gasteiger partial charge in [-0.25, -0.2) is 4.98 Å². The summed E-state index contributed by atoms with van der Waals surface area (Å²) in [5, 5.41) is 11.5. The summed E-state index contributed by atoms with van der Waals surface area (Å²) in [6.45, 7) is 20.5. The fraction of sp³-hybridized carbons (Fsp3) is 0.250. The summed E-state index contributed by atoms with van der Waals surface area (Å²) in [7, 11) is 0. The minimum absolute atomic E-state index is 0.162. The third-order valence-corrected chi connectivity index (χ3v) is 9.96. The van der Waals surface area contributed by atoms with E-state index < -0.39 is 0 Å². The Hall–Kier alpha value is -5.48. The number of benzene rings is 5. The van der Waals surface area contributed by atoms with E-state index in [0.29, 0.717) is 11.4 Å². The Bertz CT molecular complexity index is 2310. The van der Waals surface area contributed by atoms with Crippen LogP contribution in [0.25, 0.3) is 61.6 Å². The molecule has 0 saturated heterocycles. The summed E-state index contributed by atoms with van der Waals surface area (Å²) in [6.07, 6.45) is 1.85. The molecule has 7 aromatic rings. The normalized spacial score (nSPS) is 12.4. The van der Waals surface area contributed by atoms with E-state index in [0.717, 1.165) is 50.2 Å². The van der Waals surface area contributed by atoms with E-state index in [-0.39, 0.29) is 22.0 Å². The molecule has 2 aromatic heterocycles. The maximum Gasteiger partial charge on any atom is 0.149 e. The van der Waals surface area contributed by atoms with E-state index in [1.54, 1.807) is 6.07 Å². The Morgan fingerprint density at radius 1 is 0.519 bits per heavy atom. The zero-order valence-corrected chi connectivity index (χ0v) is 31.9. The van der Waals surface area contributed by atoms with Crippen LogP contribution in [0.3, 0.4) is 0 Å². The van der Waals surface area contributed by atoms with E-state index in [1.165, 1.54) is 16.7 Å². The van der Waals surface area contributed by atoms with Crippen LogP contribution in [0.4, 0.5) is 0 Å². The minimum atomic E-state index is -0.171. The van der Waals surface area contributed by atoms with Crippen LogP contribution >= 0.6 is 0 Å². The predicted octanol–water partition coefficient (Wildman–Crippen LogP) is 12.7. The third-order valence-electron chi connectivity index (χ3n) is 9.96. The van der Waals surface area contributed by atoms with Crippen molar-refractivity contribution < 1.29 is 5.11 Å². The first-order chi connectivity index (χ1) is 24.6. The zero-order chi connectivity index (χ0) is 37.0. The number of rotatable bonds is 5. The highest BCUT2D eigenvalue weighted by atomic mass is 16.3. The highest BCUT2D eigenvalue weighted by Gasteiger charge is 2.31. The van der Waals surface area contributed by atoms with Crippen LogP contribution in [0.1, 0.15) is 79.0 Å². The molecule has 5 aromatic carbocycles. The fourth-order valence-corrected chi connectivity index (χ4v) is 7.16. The molecule has 52 heavy (non-hydrogen) atoms. The van der Waals surface area contributed by atoms with Gasteiger partial charge in [-0.2, -0.15) is 0 Å². The molecule has 0 aliphatic rings. The van der Waals surface area contributed by atoms with Crippen molar-refractivity contribution >= 4 is 11.0 Å². The van der Waals surface area contributed by atoms with Crippen LogP contribution in [0, 0.1) is 0 Å². The van der Waals surface area contributed by atoms with Gasteiger partial charge in [0.2, 0.25) is 0 Å². The lowest BCUT2D eigenvalue weighted by atomic mass is 9.78. The van der Waals surface area contributed by atoms with Gasteiger partial charge in [0.1, 0.15) is 11.6 Å². The fourth-order valence-electron chi connectivity index (χ4n) is 7.16. The molecule has 0 radical (unpaired) electrons. The van der Waals surface area contributed by atoms with Crippen molar-refractivity contribution in [3.63, 3.8) is 0 Å². The average molecular weight is 684 g/mol. The second-order valence-corrected chi connectivity index (χ2v) is 17.0. The number of aromatic hydroxyl groups is 1. The maximum absolute atomic E-state index is 11.5. The second kappa shape index (κ2) is 12.9. The van der Waals surface area contributed by atoms with Crippen LogP contribution in [-0.4, -0.2) is 19.6 Å². The van der Waals surface area contributed by atoms with Gasteiger partial charge in [-0.3, -0.25) is 9.55 Å². The standard InChI is InChI=1S/C48H49N3O/c1-46(2,3)35-29-37(33-26-32(31-18-11-10-12-19-31)27-34(28-33)40-23-15-16-25-49-40)43-41(30-35)51(45(50-43)36-20-13-14-24-42(36)52)44-38(47(4,5)6)21-17-22-39(44)48(7,8)9/h10-30,52H,1-9H3. The van der Waals surface area contributed by atoms with Gasteiger partial charge in [0.05, 0.1) is 28.0 Å². The Labute approximate surface area is 308 Å². The van der Waals surface area contributed by atoms with Gasteiger partial charge in [0.25, 0.3) is 0 Å². The SMILES string of the molecule is CC(C)(C)c1cc(-c2cc(-c3ccccc3)cc(-c3ccccn3)c2)c2nc(-c3ccccc3O)n(-c3c(C(C)(C)C)cccc3C(C)(C)C)c2c1. The summed E-state index contributed by atoms with van der Waals surface area (Å²) >= 11 is 0. The molecule has 0 bridgehead atoms. The highest BCUT2D eigenvalue weighted by Crippen LogP contribution is 2.45. The van der Waals surface area contributed by atoms with E-state index in [9.17, 15) is 5.11 Å². The number of aromatic nitrogens is 3. The van der Waals surface area contributed by atoms with Crippen molar-refractivity contribution in [3.05, 3.63) is 144 Å². The number of phenolic OH excluding ortho intramolecular Hbond substituents is 1. The molecule has 7 rings (SSSR count). The monoisotopic (exact) mass is 683 g/mol. The third kappa shape index (κ3) is 6.54. The molecule has 1 N–H and O–H groups in total. The lowest BCUT2D eigenvalue weighted by Gasteiger charge is -2.31. The molecule has 0 unspecified atom stereocenters. The molecule has 0 atom stereocenters. The molecule has 0 spiro atoms. The van der Waals surface area contributed by atoms with Gasteiger partial charge in [-0.1, -0.05) is 129 Å². The van der Waals surface area contributed by atoms with Crippen molar-refractivity contribution in [1.29, 1.82) is 0 Å². The molecule has 0 amide bonds. The van der Waals surface area contributed by atoms with Crippen LogP contribution < -0.4 is 0 Å². The van der Waals surface area contributed by atoms with Gasteiger partial charge < -0.3 is 5.11 Å². The number of para-hydroxylation sites is 2. The Kier molecular flexibility index (Phi) is 8.69. The second-order valence-electron chi connectivity index (χ2n) is 17.0. The van der Waals surface area contributed by atoms with Crippen molar-refractivity contribution in [2.45, 2.75) is 78.6 Å². The average Bonchev–Trinajstić information content (AvgIpc) is 3.49. The first-order valence-corrected chi connectivity index (χ1v) is 18.2. The van der Waals surface area contributed by atoms with Crippen molar-refractivity contribution in [3.8, 4) is 56.3 Å². The lowest BCUT2D eigenvalue weighted by Crippen LogP contribution is -2.22. The lowest BCUT2D eigenvalue weighted by molar-refractivity contribution is 0.477. The number of hydrogen-bond acceptors (Lipinski definition) is 3. The molecule has 0 aliphatic heterocycles. The summed E-state index contributed by atoms with van der Waals surface area (Å²) < 4.78 is 2.34. The summed E-state index contributed by atoms with van der Waals surface area (Å²) in [4.78, 5) is 10.3. The van der Waals surface area contributed by atoms with Gasteiger partial charge >= 0.3 is 0 Å². The van der Waals surface area contributed by atoms with Crippen molar-refractivity contribution in [2.75, 3.05) is 0 Å². The molecule has 0 fully saturated rings. The number of nitrogens with zero attached hydrogens (tertiary/aromatic N) is 3. The minimum Gasteiger partial charge on any atom is -0.507 e. The van der Waals surface area contributed by atoms with Crippen LogP contribution in [0.2, 0.25) is 0 Å². The zero-order valence-electron chi connectivity index (χ0n) is 31.9. The summed E-state index contributed by atoms with van der Waals surface area (Å²) in [6, 6.07) is 42.3. The summed E-state index contributed by atoms with van der Waals surface area (Å²) in [5.74, 6) is 0.914. The number of imidazole rings is 1. The molecular formula is C48H49N3O. The van der Waals surface area contributed by atoms with Gasteiger partial charge in [-0.05, 0) is 104 Å². The van der Waals surface area contributed by atoms with E-state index in [1.807, 2.05) is 36.5 Å². The summed E-state index contributed by atoms with van der Waals surface area (Å²) in [5.41, 5.74) is 13.2. The van der Waals surface area contributed by atoms with Crippen LogP contribution in [-0.2, 0) is 16.2 Å². The van der Waals surface area contributed by atoms with Gasteiger partial charge in [0, 0.05) is 17.3 Å². The number of phenols is 1. The highest BCUT2D eigenvalue weighted by molar-refractivity contribution is 5.98. The molecule has 2 heterocycles. The molecule has 262 valence electrons. The first-order valence-electron chi connectivity index (χ1n) is 18.2. The van der Waals surface area contributed by atoms with Crippen LogP contribution in [0.15, 0.2) is 128 Å². The maximum atomic E-state index is 11.5. The van der Waals surface area contributed by atoms with E-state index in [2.05, 4.69) is 152 Å². The Morgan fingerprint density at radius 2 is 1.13 bits per heavy atom. The molecule has 0 aliphatic carbocycles. The quantitative estimate of drug-likeness (QED) is 0.196. The molecular weight excluding hydrogens is 635 g/mol. The topological polar surface area (TPSA) is 50.9 Å². The molecule has 0 saturated carbocycles. The largest absolute Gasteiger partial charge is 0.507 e. The van der Waals surface area contributed by atoms with Crippen molar-refractivity contribution in [1.82, 2.24) is 14.5 Å². The van der Waals surface area contributed by atoms with E-state index in [4.69, 9.17) is 9.97 Å². The van der Waals surface area contributed by atoms with Gasteiger partial charge in [-0.15, -0.1) is 0 Å². The van der Waals surface area contributed by atoms with Gasteiger partial charge in [0.15, 0.2) is 0 Å². The first kappa shape index (κ1) is 34.9.